The fourth-order valence-electron chi connectivity index (χ4n) is 1.83. The van der Waals surface area contributed by atoms with E-state index >= 15 is 0 Å². The highest BCUT2D eigenvalue weighted by molar-refractivity contribution is 9.09. The molecule has 0 spiro atoms. The van der Waals surface area contributed by atoms with Crippen molar-refractivity contribution >= 4 is 15.9 Å². The first-order valence-corrected chi connectivity index (χ1v) is 7.43. The largest absolute Gasteiger partial charge is 0.491 e. The summed E-state index contributed by atoms with van der Waals surface area (Å²) in [6, 6.07) is 8.45. The van der Waals surface area contributed by atoms with Crippen molar-refractivity contribution in [3.63, 3.8) is 0 Å². The van der Waals surface area contributed by atoms with Gasteiger partial charge in [0, 0.05) is 4.83 Å². The van der Waals surface area contributed by atoms with E-state index < -0.39 is 0 Å². The summed E-state index contributed by atoms with van der Waals surface area (Å²) in [5, 5.41) is 0. The second-order valence-electron chi connectivity index (χ2n) is 4.74. The van der Waals surface area contributed by atoms with Crippen LogP contribution in [-0.2, 0) is 6.42 Å². The Morgan fingerprint density at radius 3 is 2.65 bits per heavy atom. The fraction of sp³-hybridized carbons (Fsp3) is 0.600. The second kappa shape index (κ2) is 7.75. The monoisotopic (exact) mass is 298 g/mol. The highest BCUT2D eigenvalue weighted by Gasteiger charge is 2.04. The van der Waals surface area contributed by atoms with Gasteiger partial charge in [0.1, 0.15) is 5.75 Å². The van der Waals surface area contributed by atoms with Gasteiger partial charge in [-0.25, -0.2) is 0 Å². The van der Waals surface area contributed by atoms with Crippen LogP contribution in [0.1, 0.15) is 45.6 Å². The zero-order chi connectivity index (χ0) is 12.7. The van der Waals surface area contributed by atoms with Gasteiger partial charge in [0.05, 0.1) is 6.10 Å². The maximum absolute atomic E-state index is 5.70. The van der Waals surface area contributed by atoms with Crippen molar-refractivity contribution < 1.29 is 4.74 Å². The predicted octanol–water partition coefficient (Wildman–Crippen LogP) is 4.97. The molecule has 1 rings (SSSR count). The van der Waals surface area contributed by atoms with E-state index in [4.69, 9.17) is 4.74 Å². The molecule has 0 fully saturated rings. The van der Waals surface area contributed by atoms with Gasteiger partial charge >= 0.3 is 0 Å². The molecule has 0 saturated heterocycles. The zero-order valence-corrected chi connectivity index (χ0v) is 12.7. The Morgan fingerprint density at radius 1 is 1.24 bits per heavy atom. The molecule has 2 heteroatoms. The topological polar surface area (TPSA) is 9.23 Å². The SMILES string of the molecule is CCCC(Br)CCc1cccc(OC(C)C)c1. The minimum absolute atomic E-state index is 0.245. The van der Waals surface area contributed by atoms with Crippen molar-refractivity contribution in [2.45, 2.75) is 57.4 Å². The molecule has 0 radical (unpaired) electrons. The van der Waals surface area contributed by atoms with E-state index in [0.29, 0.717) is 4.83 Å². The molecule has 0 aromatic heterocycles. The van der Waals surface area contributed by atoms with Crippen LogP contribution >= 0.6 is 15.9 Å². The van der Waals surface area contributed by atoms with Crippen LogP contribution in [0, 0.1) is 0 Å². The van der Waals surface area contributed by atoms with E-state index in [2.05, 4.69) is 54.9 Å². The summed E-state index contributed by atoms with van der Waals surface area (Å²) in [5.41, 5.74) is 1.36. The molecule has 0 bridgehead atoms. The zero-order valence-electron chi connectivity index (χ0n) is 11.1. The summed E-state index contributed by atoms with van der Waals surface area (Å²) in [6.45, 7) is 6.34. The van der Waals surface area contributed by atoms with Gasteiger partial charge in [0.25, 0.3) is 0 Å². The summed E-state index contributed by atoms with van der Waals surface area (Å²) in [5.74, 6) is 0.985. The number of alkyl halides is 1. The van der Waals surface area contributed by atoms with Gasteiger partial charge < -0.3 is 4.74 Å². The molecular weight excluding hydrogens is 276 g/mol. The maximum atomic E-state index is 5.70. The highest BCUT2D eigenvalue weighted by atomic mass is 79.9. The standard InChI is InChI=1S/C15H23BrO/c1-4-6-14(16)10-9-13-7-5-8-15(11-13)17-12(2)3/h5,7-8,11-12,14H,4,6,9-10H2,1-3H3. The number of halogens is 1. The smallest absolute Gasteiger partial charge is 0.119 e. The number of benzene rings is 1. The first kappa shape index (κ1) is 14.6. The average molecular weight is 299 g/mol. The third kappa shape index (κ3) is 6.11. The van der Waals surface area contributed by atoms with Gasteiger partial charge in [-0.1, -0.05) is 41.4 Å². The van der Waals surface area contributed by atoms with Gasteiger partial charge in [-0.2, -0.15) is 0 Å². The van der Waals surface area contributed by atoms with Crippen LogP contribution in [0.3, 0.4) is 0 Å². The molecule has 0 N–H and O–H groups in total. The van der Waals surface area contributed by atoms with Crippen molar-refractivity contribution in [2.24, 2.45) is 0 Å². The van der Waals surface area contributed by atoms with Crippen LogP contribution in [0.4, 0.5) is 0 Å². The van der Waals surface area contributed by atoms with Gasteiger partial charge in [0.2, 0.25) is 0 Å². The lowest BCUT2D eigenvalue weighted by atomic mass is 10.1. The molecule has 17 heavy (non-hydrogen) atoms. The molecule has 0 heterocycles. The minimum atomic E-state index is 0.245. The van der Waals surface area contributed by atoms with Gasteiger partial charge in [0.15, 0.2) is 0 Å². The number of aryl methyl sites for hydroxylation is 1. The highest BCUT2D eigenvalue weighted by Crippen LogP contribution is 2.19. The second-order valence-corrected chi connectivity index (χ2v) is 6.03. The van der Waals surface area contributed by atoms with E-state index in [1.54, 1.807) is 0 Å². The van der Waals surface area contributed by atoms with Crippen molar-refractivity contribution in [2.75, 3.05) is 0 Å². The van der Waals surface area contributed by atoms with E-state index in [-0.39, 0.29) is 6.10 Å². The Bertz CT molecular complexity index is 322. The Morgan fingerprint density at radius 2 is 2.00 bits per heavy atom. The Hall–Kier alpha value is -0.500. The molecule has 1 nitrogen and oxygen atoms in total. The Balaban J connectivity index is 2.48. The van der Waals surface area contributed by atoms with Crippen LogP contribution in [-0.4, -0.2) is 10.9 Å². The van der Waals surface area contributed by atoms with Crippen molar-refractivity contribution in [3.05, 3.63) is 29.8 Å². The van der Waals surface area contributed by atoms with Crippen LogP contribution in [0.2, 0.25) is 0 Å². The van der Waals surface area contributed by atoms with E-state index in [9.17, 15) is 0 Å². The lowest BCUT2D eigenvalue weighted by molar-refractivity contribution is 0.242. The van der Waals surface area contributed by atoms with Crippen molar-refractivity contribution in [1.82, 2.24) is 0 Å². The minimum Gasteiger partial charge on any atom is -0.491 e. The summed E-state index contributed by atoms with van der Waals surface area (Å²) in [4.78, 5) is 0.641. The van der Waals surface area contributed by atoms with Crippen LogP contribution in [0.5, 0.6) is 5.75 Å². The van der Waals surface area contributed by atoms with E-state index in [1.165, 1.54) is 24.8 Å². The Labute approximate surface area is 114 Å². The maximum Gasteiger partial charge on any atom is 0.119 e. The third-order valence-electron chi connectivity index (χ3n) is 2.62. The number of hydrogen-bond donors (Lipinski definition) is 0. The van der Waals surface area contributed by atoms with E-state index in [0.717, 1.165) is 12.2 Å². The number of rotatable bonds is 7. The summed E-state index contributed by atoms with van der Waals surface area (Å²) in [7, 11) is 0. The first-order valence-electron chi connectivity index (χ1n) is 6.51. The lowest BCUT2D eigenvalue weighted by Crippen LogP contribution is -2.06. The van der Waals surface area contributed by atoms with Gasteiger partial charge in [-0.05, 0) is 50.8 Å². The van der Waals surface area contributed by atoms with Gasteiger partial charge in [-0.3, -0.25) is 0 Å². The van der Waals surface area contributed by atoms with Crippen LogP contribution < -0.4 is 4.74 Å². The number of ether oxygens (including phenoxy) is 1. The molecular formula is C15H23BrO. The molecule has 1 aromatic rings. The quantitative estimate of drug-likeness (QED) is 0.646. The molecule has 0 aliphatic carbocycles. The Kier molecular flexibility index (Phi) is 6.64. The summed E-state index contributed by atoms with van der Waals surface area (Å²) in [6.07, 6.45) is 5.05. The first-order chi connectivity index (χ1) is 8.11. The van der Waals surface area contributed by atoms with Crippen LogP contribution in [0.15, 0.2) is 24.3 Å². The summed E-state index contributed by atoms with van der Waals surface area (Å²) < 4.78 is 5.70. The normalized spacial score (nSPS) is 12.8. The van der Waals surface area contributed by atoms with Crippen molar-refractivity contribution in [1.29, 1.82) is 0 Å². The van der Waals surface area contributed by atoms with Crippen LogP contribution in [0.25, 0.3) is 0 Å². The molecule has 0 amide bonds. The molecule has 96 valence electrons. The molecule has 1 atom stereocenters. The summed E-state index contributed by atoms with van der Waals surface area (Å²) >= 11 is 3.72. The average Bonchev–Trinajstić information content (AvgIpc) is 2.26. The lowest BCUT2D eigenvalue weighted by Gasteiger charge is -2.12. The number of hydrogen-bond acceptors (Lipinski definition) is 1. The molecule has 1 unspecified atom stereocenters. The molecule has 1 aromatic carbocycles. The fourth-order valence-corrected chi connectivity index (χ4v) is 2.51. The molecule has 0 aliphatic rings. The van der Waals surface area contributed by atoms with Crippen molar-refractivity contribution in [3.8, 4) is 5.75 Å². The van der Waals surface area contributed by atoms with Gasteiger partial charge in [-0.15, -0.1) is 0 Å². The van der Waals surface area contributed by atoms with E-state index in [1.807, 2.05) is 6.07 Å². The third-order valence-corrected chi connectivity index (χ3v) is 3.53. The molecule has 0 aliphatic heterocycles. The molecule has 0 saturated carbocycles. The predicted molar refractivity (Wildman–Crippen MR) is 78.2 cm³/mol.